The van der Waals surface area contributed by atoms with Crippen LogP contribution in [0, 0.1) is 11.6 Å². The summed E-state index contributed by atoms with van der Waals surface area (Å²) in [6.07, 6.45) is 0. The minimum atomic E-state index is -4.02. The van der Waals surface area contributed by atoms with E-state index in [2.05, 4.69) is 15.9 Å². The third-order valence-electron chi connectivity index (χ3n) is 2.62. The molecule has 0 unspecified atom stereocenters. The zero-order valence-electron chi connectivity index (χ0n) is 10.7. The minimum Gasteiger partial charge on any atom is -0.497 e. The number of benzene rings is 2. The van der Waals surface area contributed by atoms with Crippen LogP contribution in [-0.4, -0.2) is 15.5 Å². The molecule has 0 saturated carbocycles. The molecular weight excluding hydrogens is 368 g/mol. The van der Waals surface area contributed by atoms with Gasteiger partial charge in [0.05, 0.1) is 22.2 Å². The van der Waals surface area contributed by atoms with E-state index in [4.69, 9.17) is 4.74 Å². The van der Waals surface area contributed by atoms with Crippen LogP contribution in [0.25, 0.3) is 0 Å². The van der Waals surface area contributed by atoms with E-state index in [0.29, 0.717) is 5.75 Å². The molecule has 2 aromatic carbocycles. The van der Waals surface area contributed by atoms with Crippen LogP contribution in [0.5, 0.6) is 5.75 Å². The van der Waals surface area contributed by atoms with Crippen LogP contribution in [0.2, 0.25) is 0 Å². The van der Waals surface area contributed by atoms with E-state index < -0.39 is 27.3 Å². The highest BCUT2D eigenvalue weighted by atomic mass is 79.9. The number of methoxy groups -OCH3 is 1. The van der Waals surface area contributed by atoms with Crippen LogP contribution in [0.4, 0.5) is 14.5 Å². The summed E-state index contributed by atoms with van der Waals surface area (Å²) in [4.78, 5) is -0.0916. The molecule has 0 aliphatic heterocycles. The summed E-state index contributed by atoms with van der Waals surface area (Å²) in [5.74, 6) is -1.18. The molecular formula is C13H10BrF2NO3S. The van der Waals surface area contributed by atoms with E-state index in [1.165, 1.54) is 31.4 Å². The number of nitrogens with one attached hydrogen (secondary N) is 1. The van der Waals surface area contributed by atoms with Gasteiger partial charge < -0.3 is 4.74 Å². The molecule has 0 fully saturated rings. The van der Waals surface area contributed by atoms with Crippen molar-refractivity contribution < 1.29 is 21.9 Å². The van der Waals surface area contributed by atoms with Crippen molar-refractivity contribution in [1.29, 1.82) is 0 Å². The molecule has 0 radical (unpaired) electrons. The first kappa shape index (κ1) is 15.7. The van der Waals surface area contributed by atoms with Gasteiger partial charge >= 0.3 is 0 Å². The zero-order valence-corrected chi connectivity index (χ0v) is 13.1. The number of anilines is 1. The van der Waals surface area contributed by atoms with Crippen molar-refractivity contribution in [2.75, 3.05) is 11.8 Å². The van der Waals surface area contributed by atoms with E-state index in [-0.39, 0.29) is 9.37 Å². The topological polar surface area (TPSA) is 55.4 Å². The standard InChI is InChI=1S/C13H10BrF2NO3S/c1-20-8-2-4-9(5-3-8)21(18,19)17-13-7-11(15)10(14)6-12(13)16/h2-7,17H,1H3. The van der Waals surface area contributed by atoms with Gasteiger partial charge in [-0.15, -0.1) is 0 Å². The highest BCUT2D eigenvalue weighted by Crippen LogP contribution is 2.26. The number of hydrogen-bond acceptors (Lipinski definition) is 3. The maximum atomic E-state index is 13.7. The maximum Gasteiger partial charge on any atom is 0.261 e. The quantitative estimate of drug-likeness (QED) is 0.829. The lowest BCUT2D eigenvalue weighted by Crippen LogP contribution is -2.14. The summed E-state index contributed by atoms with van der Waals surface area (Å²) in [7, 11) is -2.57. The fourth-order valence-corrected chi connectivity index (χ4v) is 2.93. The SMILES string of the molecule is COc1ccc(S(=O)(=O)Nc2cc(F)c(Br)cc2F)cc1. The van der Waals surface area contributed by atoms with Crippen LogP contribution >= 0.6 is 15.9 Å². The summed E-state index contributed by atoms with van der Waals surface area (Å²) in [6, 6.07) is 7.12. The molecule has 0 bridgehead atoms. The Morgan fingerprint density at radius 3 is 2.29 bits per heavy atom. The number of hydrogen-bond donors (Lipinski definition) is 1. The number of sulfonamides is 1. The van der Waals surface area contributed by atoms with E-state index in [1.807, 2.05) is 4.72 Å². The number of halogens is 3. The average molecular weight is 378 g/mol. The molecule has 0 aliphatic rings. The Balaban J connectivity index is 2.34. The molecule has 0 heterocycles. The zero-order chi connectivity index (χ0) is 15.6. The predicted molar refractivity (Wildman–Crippen MR) is 77.9 cm³/mol. The summed E-state index contributed by atoms with van der Waals surface area (Å²) >= 11 is 2.81. The largest absolute Gasteiger partial charge is 0.497 e. The molecule has 2 aromatic rings. The van der Waals surface area contributed by atoms with Crippen LogP contribution in [0.15, 0.2) is 45.8 Å². The van der Waals surface area contributed by atoms with Crippen LogP contribution < -0.4 is 9.46 Å². The number of ether oxygens (including phenoxy) is 1. The van der Waals surface area contributed by atoms with Crippen molar-refractivity contribution in [1.82, 2.24) is 0 Å². The molecule has 112 valence electrons. The van der Waals surface area contributed by atoms with E-state index >= 15 is 0 Å². The third kappa shape index (κ3) is 3.51. The molecule has 0 aromatic heterocycles. The molecule has 1 N–H and O–H groups in total. The van der Waals surface area contributed by atoms with Gasteiger partial charge in [-0.05, 0) is 46.3 Å². The first-order valence-corrected chi connectivity index (χ1v) is 7.92. The van der Waals surface area contributed by atoms with E-state index in [0.717, 1.165) is 12.1 Å². The van der Waals surface area contributed by atoms with Gasteiger partial charge in [-0.25, -0.2) is 17.2 Å². The first-order valence-electron chi connectivity index (χ1n) is 5.65. The minimum absolute atomic E-state index is 0.0904. The molecule has 0 saturated heterocycles. The number of rotatable bonds is 4. The van der Waals surface area contributed by atoms with Gasteiger partial charge in [0, 0.05) is 6.07 Å². The molecule has 4 nitrogen and oxygen atoms in total. The summed E-state index contributed by atoms with van der Waals surface area (Å²) in [5, 5.41) is 0. The Labute approximate surface area is 128 Å². The lowest BCUT2D eigenvalue weighted by atomic mass is 10.3. The Morgan fingerprint density at radius 1 is 1.10 bits per heavy atom. The normalized spacial score (nSPS) is 11.2. The van der Waals surface area contributed by atoms with Crippen molar-refractivity contribution in [3.8, 4) is 5.75 Å². The molecule has 8 heteroatoms. The van der Waals surface area contributed by atoms with Crippen molar-refractivity contribution in [3.05, 3.63) is 52.5 Å². The van der Waals surface area contributed by atoms with Crippen LogP contribution in [0.3, 0.4) is 0 Å². The molecule has 0 amide bonds. The van der Waals surface area contributed by atoms with Gasteiger partial charge in [-0.1, -0.05) is 0 Å². The lowest BCUT2D eigenvalue weighted by molar-refractivity contribution is 0.414. The van der Waals surface area contributed by atoms with Crippen molar-refractivity contribution in [2.24, 2.45) is 0 Å². The summed E-state index contributed by atoms with van der Waals surface area (Å²) < 4.78 is 58.0. The monoisotopic (exact) mass is 377 g/mol. The van der Waals surface area contributed by atoms with Gasteiger partial charge in [-0.3, -0.25) is 4.72 Å². The second-order valence-electron chi connectivity index (χ2n) is 4.03. The predicted octanol–water partition coefficient (Wildman–Crippen LogP) is 3.54. The maximum absolute atomic E-state index is 13.7. The molecule has 0 spiro atoms. The van der Waals surface area contributed by atoms with Crippen molar-refractivity contribution in [3.63, 3.8) is 0 Å². The third-order valence-corrected chi connectivity index (χ3v) is 4.61. The second-order valence-corrected chi connectivity index (χ2v) is 6.56. The Kier molecular flexibility index (Phi) is 4.48. The van der Waals surface area contributed by atoms with Gasteiger partial charge in [0.15, 0.2) is 0 Å². The smallest absolute Gasteiger partial charge is 0.261 e. The summed E-state index contributed by atoms with van der Waals surface area (Å²) in [6.45, 7) is 0. The molecule has 21 heavy (non-hydrogen) atoms. The highest BCUT2D eigenvalue weighted by Gasteiger charge is 2.18. The summed E-state index contributed by atoms with van der Waals surface area (Å²) in [5.41, 5.74) is -0.466. The Bertz CT molecular complexity index is 764. The van der Waals surface area contributed by atoms with Crippen molar-refractivity contribution in [2.45, 2.75) is 4.90 Å². The van der Waals surface area contributed by atoms with Gasteiger partial charge in [0.1, 0.15) is 17.4 Å². The Hall–Kier alpha value is -1.67. The van der Waals surface area contributed by atoms with Gasteiger partial charge in [0.2, 0.25) is 0 Å². The fraction of sp³-hybridized carbons (Fsp3) is 0.0769. The molecule has 2 rings (SSSR count). The van der Waals surface area contributed by atoms with Gasteiger partial charge in [-0.2, -0.15) is 0 Å². The fourth-order valence-electron chi connectivity index (χ4n) is 1.56. The average Bonchev–Trinajstić information content (AvgIpc) is 2.44. The Morgan fingerprint density at radius 2 is 1.71 bits per heavy atom. The first-order chi connectivity index (χ1) is 9.83. The second kappa shape index (κ2) is 5.98. The van der Waals surface area contributed by atoms with Crippen LogP contribution in [-0.2, 0) is 10.0 Å². The molecule has 0 aliphatic carbocycles. The highest BCUT2D eigenvalue weighted by molar-refractivity contribution is 9.10. The van der Waals surface area contributed by atoms with E-state index in [9.17, 15) is 17.2 Å². The lowest BCUT2D eigenvalue weighted by Gasteiger charge is -2.10. The van der Waals surface area contributed by atoms with Crippen molar-refractivity contribution >= 4 is 31.6 Å². The van der Waals surface area contributed by atoms with Gasteiger partial charge in [0.25, 0.3) is 10.0 Å². The van der Waals surface area contributed by atoms with Crippen LogP contribution in [0.1, 0.15) is 0 Å². The molecule has 0 atom stereocenters. The van der Waals surface area contributed by atoms with E-state index in [1.54, 1.807) is 0 Å².